The first-order chi connectivity index (χ1) is 8.10. The Morgan fingerprint density at radius 3 is 2.53 bits per heavy atom. The Kier molecular flexibility index (Phi) is 4.47. The fourth-order valence-corrected chi connectivity index (χ4v) is 3.43. The van der Waals surface area contributed by atoms with E-state index in [4.69, 9.17) is 34.8 Å². The van der Waals surface area contributed by atoms with E-state index in [1.807, 2.05) is 0 Å². The molecule has 17 heavy (non-hydrogen) atoms. The number of hydrogen-bond acceptors (Lipinski definition) is 3. The summed E-state index contributed by atoms with van der Waals surface area (Å²) in [4.78, 5) is 4.52. The summed E-state index contributed by atoms with van der Waals surface area (Å²) in [6.07, 6.45) is 1.04. The van der Waals surface area contributed by atoms with Crippen LogP contribution in [0.2, 0.25) is 15.1 Å². The molecule has 1 aromatic carbocycles. The van der Waals surface area contributed by atoms with E-state index in [1.165, 1.54) is 0 Å². The summed E-state index contributed by atoms with van der Waals surface area (Å²) in [5.74, 6) is 1.00. The number of nitrogens with zero attached hydrogens (tertiary/aromatic N) is 1. The lowest BCUT2D eigenvalue weighted by molar-refractivity contribution is 0.738. The van der Waals surface area contributed by atoms with Gasteiger partial charge in [-0.1, -0.05) is 53.5 Å². The second-order valence-electron chi connectivity index (χ2n) is 3.68. The van der Waals surface area contributed by atoms with Crippen molar-refractivity contribution in [1.82, 2.24) is 0 Å². The molecular formula is C11H11Cl3N2S. The molecule has 1 atom stereocenters. The molecule has 0 amide bonds. The van der Waals surface area contributed by atoms with E-state index in [1.54, 1.807) is 23.9 Å². The van der Waals surface area contributed by atoms with Crippen LogP contribution in [0.15, 0.2) is 17.1 Å². The van der Waals surface area contributed by atoms with Gasteiger partial charge in [0, 0.05) is 10.8 Å². The molecule has 0 aromatic heterocycles. The number of rotatable bonds is 2. The van der Waals surface area contributed by atoms with Crippen molar-refractivity contribution in [3.8, 4) is 0 Å². The highest BCUT2D eigenvalue weighted by atomic mass is 35.5. The Morgan fingerprint density at radius 2 is 2.00 bits per heavy atom. The first-order valence-electron chi connectivity index (χ1n) is 5.22. The third kappa shape index (κ3) is 3.22. The van der Waals surface area contributed by atoms with Crippen molar-refractivity contribution in [1.29, 1.82) is 0 Å². The fourth-order valence-electron chi connectivity index (χ4n) is 1.46. The largest absolute Gasteiger partial charge is 0.333 e. The van der Waals surface area contributed by atoms with Gasteiger partial charge in [-0.05, 0) is 18.6 Å². The van der Waals surface area contributed by atoms with E-state index in [0.717, 1.165) is 17.3 Å². The Hall–Kier alpha value is -0.0900. The van der Waals surface area contributed by atoms with Crippen LogP contribution in [0.4, 0.5) is 5.69 Å². The second-order valence-corrected chi connectivity index (χ2v) is 5.94. The molecule has 1 aromatic rings. The molecule has 0 fully saturated rings. The first kappa shape index (κ1) is 13.3. The number of hydrogen-bond donors (Lipinski definition) is 1. The molecule has 1 heterocycles. The number of nitrogens with one attached hydrogen (secondary N) is 1. The summed E-state index contributed by atoms with van der Waals surface area (Å²) >= 11 is 19.7. The van der Waals surface area contributed by atoms with Gasteiger partial charge in [-0.2, -0.15) is 0 Å². The molecule has 2 nitrogen and oxygen atoms in total. The van der Waals surface area contributed by atoms with Crippen molar-refractivity contribution in [2.75, 3.05) is 11.1 Å². The molecule has 6 heteroatoms. The molecule has 1 aliphatic heterocycles. The summed E-state index contributed by atoms with van der Waals surface area (Å²) in [6.45, 7) is 2.12. The van der Waals surface area contributed by atoms with Crippen molar-refractivity contribution in [2.45, 2.75) is 19.4 Å². The average molecular weight is 310 g/mol. The zero-order chi connectivity index (χ0) is 12.4. The highest BCUT2D eigenvalue weighted by molar-refractivity contribution is 8.14. The molecule has 2 rings (SSSR count). The molecule has 0 aliphatic carbocycles. The maximum atomic E-state index is 6.09. The van der Waals surface area contributed by atoms with Gasteiger partial charge in [0.2, 0.25) is 0 Å². The van der Waals surface area contributed by atoms with Crippen LogP contribution < -0.4 is 5.32 Å². The number of amidine groups is 1. The van der Waals surface area contributed by atoms with Crippen LogP contribution in [-0.4, -0.2) is 17.0 Å². The lowest BCUT2D eigenvalue weighted by Crippen LogP contribution is -2.06. The molecule has 1 unspecified atom stereocenters. The van der Waals surface area contributed by atoms with Crippen LogP contribution in [0.25, 0.3) is 0 Å². The van der Waals surface area contributed by atoms with Gasteiger partial charge in [0.05, 0.1) is 21.8 Å². The predicted molar refractivity (Wildman–Crippen MR) is 79.1 cm³/mol. The van der Waals surface area contributed by atoms with Crippen molar-refractivity contribution >= 4 is 57.4 Å². The zero-order valence-electron chi connectivity index (χ0n) is 9.14. The number of anilines is 1. The molecule has 0 saturated carbocycles. The minimum atomic E-state index is 0.382. The Balaban J connectivity index is 2.20. The van der Waals surface area contributed by atoms with Crippen LogP contribution in [-0.2, 0) is 0 Å². The van der Waals surface area contributed by atoms with E-state index in [2.05, 4.69) is 17.2 Å². The van der Waals surface area contributed by atoms with E-state index < -0.39 is 0 Å². The fraction of sp³-hybridized carbons (Fsp3) is 0.364. The topological polar surface area (TPSA) is 24.4 Å². The third-order valence-electron chi connectivity index (χ3n) is 2.42. The maximum Gasteiger partial charge on any atom is 0.161 e. The number of aliphatic imine (C=N–C) groups is 1. The molecule has 1 N–H and O–H groups in total. The van der Waals surface area contributed by atoms with Crippen LogP contribution in [0.3, 0.4) is 0 Å². The van der Waals surface area contributed by atoms with Crippen LogP contribution >= 0.6 is 46.6 Å². The average Bonchev–Trinajstić information content (AvgIpc) is 2.71. The van der Waals surface area contributed by atoms with Gasteiger partial charge in [-0.25, -0.2) is 0 Å². The van der Waals surface area contributed by atoms with E-state index in [9.17, 15) is 0 Å². The van der Waals surface area contributed by atoms with Gasteiger partial charge < -0.3 is 5.32 Å². The van der Waals surface area contributed by atoms with Crippen LogP contribution in [0.5, 0.6) is 0 Å². The monoisotopic (exact) mass is 308 g/mol. The predicted octanol–water partition coefficient (Wildman–Crippen LogP) is 4.94. The molecule has 0 radical (unpaired) electrons. The minimum absolute atomic E-state index is 0.382. The lowest BCUT2D eigenvalue weighted by atomic mass is 10.3. The molecule has 1 aliphatic rings. The molecule has 92 valence electrons. The molecule has 0 saturated heterocycles. The summed E-state index contributed by atoms with van der Waals surface area (Å²) in [6, 6.07) is 3.70. The zero-order valence-corrected chi connectivity index (χ0v) is 12.2. The summed E-state index contributed by atoms with van der Waals surface area (Å²) in [5.41, 5.74) is 0.667. The van der Waals surface area contributed by atoms with Gasteiger partial charge in [0.1, 0.15) is 0 Å². The number of thioether (sulfide) groups is 1. The van der Waals surface area contributed by atoms with Crippen molar-refractivity contribution in [3.05, 3.63) is 27.2 Å². The molecule has 0 spiro atoms. The summed E-state index contributed by atoms with van der Waals surface area (Å²) in [5, 5.41) is 5.56. The number of benzene rings is 1. The lowest BCUT2D eigenvalue weighted by Gasteiger charge is -2.09. The van der Waals surface area contributed by atoms with E-state index >= 15 is 0 Å². The first-order valence-corrected chi connectivity index (χ1v) is 7.34. The minimum Gasteiger partial charge on any atom is -0.333 e. The van der Waals surface area contributed by atoms with E-state index in [0.29, 0.717) is 26.8 Å². The standard InChI is InChI=1S/C11H11Cl3N2S/c1-2-7-5-17-11(15-7)16-10-8(13)3-6(12)4-9(10)14/h3-4,7H,2,5H2,1H3,(H,15,16). The normalized spacial score (nSPS) is 19.3. The second kappa shape index (κ2) is 5.70. The number of halogens is 3. The summed E-state index contributed by atoms with van der Waals surface area (Å²) < 4.78 is 0. The van der Waals surface area contributed by atoms with Gasteiger partial charge in [-0.3, -0.25) is 4.99 Å². The summed E-state index contributed by atoms with van der Waals surface area (Å²) in [7, 11) is 0. The van der Waals surface area contributed by atoms with Gasteiger partial charge >= 0.3 is 0 Å². The SMILES string of the molecule is CCC1CSC(Nc2c(Cl)cc(Cl)cc2Cl)=N1. The van der Waals surface area contributed by atoms with Crippen molar-refractivity contribution in [3.63, 3.8) is 0 Å². The van der Waals surface area contributed by atoms with Gasteiger partial charge in [-0.15, -0.1) is 0 Å². The molecule has 0 bridgehead atoms. The third-order valence-corrected chi connectivity index (χ3v) is 4.27. The van der Waals surface area contributed by atoms with Gasteiger partial charge in [0.15, 0.2) is 5.17 Å². The van der Waals surface area contributed by atoms with Gasteiger partial charge in [0.25, 0.3) is 0 Å². The maximum absolute atomic E-state index is 6.09. The van der Waals surface area contributed by atoms with Crippen molar-refractivity contribution < 1.29 is 0 Å². The molecular weight excluding hydrogens is 299 g/mol. The Bertz CT molecular complexity index is 439. The Labute approximate surface area is 120 Å². The smallest absolute Gasteiger partial charge is 0.161 e. The Morgan fingerprint density at radius 1 is 1.35 bits per heavy atom. The van der Waals surface area contributed by atoms with Crippen LogP contribution in [0, 0.1) is 0 Å². The van der Waals surface area contributed by atoms with Crippen molar-refractivity contribution in [2.24, 2.45) is 4.99 Å². The van der Waals surface area contributed by atoms with E-state index in [-0.39, 0.29) is 0 Å². The van der Waals surface area contributed by atoms with Crippen LogP contribution in [0.1, 0.15) is 13.3 Å². The quantitative estimate of drug-likeness (QED) is 0.836. The highest BCUT2D eigenvalue weighted by Crippen LogP contribution is 2.35. The highest BCUT2D eigenvalue weighted by Gasteiger charge is 2.18.